The molecule has 1 amide bonds. The number of rotatable bonds is 14. The average Bonchev–Trinajstić information content (AvgIpc) is 4.13. The van der Waals surface area contributed by atoms with Gasteiger partial charge in [0.15, 0.2) is 0 Å². The molecule has 6 aromatic rings. The Labute approximate surface area is 396 Å². The van der Waals surface area contributed by atoms with Crippen molar-refractivity contribution in [3.05, 3.63) is 118 Å². The fourth-order valence-corrected chi connectivity index (χ4v) is 7.86. The summed E-state index contributed by atoms with van der Waals surface area (Å²) in [6.45, 7) is 26.5. The van der Waals surface area contributed by atoms with E-state index in [-0.39, 0.29) is 42.9 Å². The van der Waals surface area contributed by atoms with Crippen LogP contribution in [0.25, 0.3) is 55.4 Å². The number of hydrogen-bond donors (Lipinski definition) is 3. The van der Waals surface area contributed by atoms with Gasteiger partial charge in [-0.2, -0.15) is 9.97 Å². The van der Waals surface area contributed by atoms with E-state index in [4.69, 9.17) is 45.6 Å². The van der Waals surface area contributed by atoms with E-state index >= 15 is 0 Å². The third-order valence-electron chi connectivity index (χ3n) is 10.6. The number of amides is 1. The van der Waals surface area contributed by atoms with Crippen molar-refractivity contribution in [2.45, 2.75) is 104 Å². The van der Waals surface area contributed by atoms with Crippen LogP contribution in [0.5, 0.6) is 11.5 Å². The molecule has 3 N–H and O–H groups in total. The lowest BCUT2D eigenvalue weighted by molar-refractivity contribution is 0.0120. The third-order valence-corrected chi connectivity index (χ3v) is 10.6. The molecule has 4 aromatic carbocycles. The van der Waals surface area contributed by atoms with Gasteiger partial charge < -0.3 is 38.8 Å². The lowest BCUT2D eigenvalue weighted by atomic mass is 10.0. The molecule has 2 aliphatic carbocycles. The highest BCUT2D eigenvalue weighted by atomic mass is 16.6. The summed E-state index contributed by atoms with van der Waals surface area (Å²) in [5, 5.41) is 30.2. The van der Waals surface area contributed by atoms with Gasteiger partial charge in [0.1, 0.15) is 17.1 Å². The maximum absolute atomic E-state index is 13.0. The van der Waals surface area contributed by atoms with Gasteiger partial charge in [-0.3, -0.25) is 4.90 Å². The monoisotopic (exact) mass is 912 g/mol. The Morgan fingerprint density at radius 1 is 0.821 bits per heavy atom. The molecule has 0 unspecified atom stereocenters. The van der Waals surface area contributed by atoms with Gasteiger partial charge in [-0.05, 0) is 133 Å². The minimum atomic E-state index is -1.44. The van der Waals surface area contributed by atoms with Crippen molar-refractivity contribution >= 4 is 17.5 Å². The third kappa shape index (κ3) is 11.1. The van der Waals surface area contributed by atoms with Gasteiger partial charge in [-0.1, -0.05) is 46.7 Å². The highest BCUT2D eigenvalue weighted by Gasteiger charge is 2.35. The van der Waals surface area contributed by atoms with Crippen molar-refractivity contribution in [1.82, 2.24) is 30.5 Å². The Balaban J connectivity index is 0.000000213. The highest BCUT2D eigenvalue weighted by molar-refractivity contribution is 5.73. The fraction of sp³-hybridized carbons (Fsp3) is 0.392. The van der Waals surface area contributed by atoms with Crippen LogP contribution in [0.3, 0.4) is 0 Å². The van der Waals surface area contributed by atoms with Crippen molar-refractivity contribution in [2.75, 3.05) is 26.3 Å². The van der Waals surface area contributed by atoms with E-state index in [0.717, 1.165) is 22.3 Å². The van der Waals surface area contributed by atoms with E-state index < -0.39 is 35.9 Å². The van der Waals surface area contributed by atoms with Gasteiger partial charge in [-0.15, -0.1) is 0 Å². The maximum atomic E-state index is 13.0. The van der Waals surface area contributed by atoms with Crippen LogP contribution in [0.15, 0.2) is 81.8 Å². The Morgan fingerprint density at radius 2 is 1.34 bits per heavy atom. The summed E-state index contributed by atoms with van der Waals surface area (Å²) in [5.74, 6) is 1.82. The van der Waals surface area contributed by atoms with E-state index in [1.54, 1.807) is 97.0 Å². The Bertz CT molecular complexity index is 3000. The molecule has 0 spiro atoms. The van der Waals surface area contributed by atoms with Gasteiger partial charge in [0.05, 0.1) is 50.0 Å². The first-order chi connectivity index (χ1) is 33.5. The molecule has 0 saturated carbocycles. The van der Waals surface area contributed by atoms with Crippen molar-refractivity contribution in [2.24, 2.45) is 0 Å². The van der Waals surface area contributed by atoms with Crippen LogP contribution in [-0.2, 0) is 17.6 Å². The summed E-state index contributed by atoms with van der Waals surface area (Å²) in [4.78, 5) is 30.4. The van der Waals surface area contributed by atoms with Crippen LogP contribution in [0.1, 0.15) is 101 Å². The van der Waals surface area contributed by atoms with Crippen LogP contribution in [0, 0.1) is 13.1 Å². The topological polar surface area (TPSA) is 187 Å². The molecule has 0 saturated heterocycles. The molecule has 2 aliphatic rings. The summed E-state index contributed by atoms with van der Waals surface area (Å²) in [7, 11) is 0. The minimum Gasteiger partial charge on any atom is -0.502 e. The van der Waals surface area contributed by atoms with Crippen LogP contribution in [0.2, 0.25) is 0 Å². The lowest BCUT2D eigenvalue weighted by Gasteiger charge is -2.31. The number of benzene rings is 4. The van der Waals surface area contributed by atoms with E-state index in [1.165, 1.54) is 4.90 Å². The first-order valence-corrected chi connectivity index (χ1v) is 21.8. The number of aliphatic hydroxyl groups is 2. The number of carbonyl (C=O) groups excluding carboxylic acids is 1. The Kier molecular flexibility index (Phi) is 13.3. The molecule has 2 aromatic heterocycles. The van der Waals surface area contributed by atoms with Gasteiger partial charge in [0.25, 0.3) is 11.8 Å². The molecule has 2 heterocycles. The molecule has 16 heteroatoms. The Morgan fingerprint density at radius 3 is 1.84 bits per heavy atom. The van der Waals surface area contributed by atoms with Crippen LogP contribution >= 0.6 is 0 Å². The second kappa shape index (κ2) is 21.0. The lowest BCUT2D eigenvalue weighted by Crippen LogP contribution is -2.40. The first kappa shape index (κ1) is 42.5. The minimum absolute atomic E-state index is 0.0282. The Hall–Kier alpha value is -7.11. The smallest absolute Gasteiger partial charge is 0.410 e. The predicted octanol–water partition coefficient (Wildman–Crippen LogP) is 10.3. The average molecular weight is 913 g/mol. The zero-order valence-electron chi connectivity index (χ0n) is 42.6. The van der Waals surface area contributed by atoms with Crippen LogP contribution < -0.4 is 14.8 Å². The van der Waals surface area contributed by atoms with Crippen LogP contribution in [0.4, 0.5) is 16.2 Å². The number of hydrogen-bond acceptors (Lipinski definition) is 13. The second-order valence-electron chi connectivity index (χ2n) is 17.1. The number of fused-ring (bicyclic) bond motifs is 2. The number of nitrogens with one attached hydrogen (secondary N) is 1. The van der Waals surface area contributed by atoms with E-state index in [1.807, 2.05) is 24.3 Å². The molecule has 0 fully saturated rings. The molecule has 348 valence electrons. The predicted molar refractivity (Wildman–Crippen MR) is 252 cm³/mol. The molecule has 2 atom stereocenters. The number of carbonyl (C=O) groups is 1. The summed E-state index contributed by atoms with van der Waals surface area (Å²) in [5.41, 5.74) is 5.58. The second-order valence-corrected chi connectivity index (χ2v) is 17.1. The molecular formula is C51H56N8O8. The zero-order valence-corrected chi connectivity index (χ0v) is 38.6. The van der Waals surface area contributed by atoms with Gasteiger partial charge in [0.2, 0.25) is 23.0 Å². The van der Waals surface area contributed by atoms with E-state index in [9.17, 15) is 11.3 Å². The van der Waals surface area contributed by atoms with E-state index in [0.29, 0.717) is 77.6 Å². The van der Waals surface area contributed by atoms with Crippen molar-refractivity contribution < 1.29 is 43.7 Å². The van der Waals surface area contributed by atoms with Crippen LogP contribution in [-0.4, -0.2) is 85.6 Å². The number of aliphatic hydroxyl groups excluding tert-OH is 2. The molecule has 16 nitrogen and oxygen atoms in total. The van der Waals surface area contributed by atoms with E-state index in [2.05, 4.69) is 35.3 Å². The highest BCUT2D eigenvalue weighted by Crippen LogP contribution is 2.42. The normalized spacial score (nSPS) is 18.4. The quantitative estimate of drug-likeness (QED) is 0.0877. The zero-order chi connectivity index (χ0) is 51.5. The number of aromatic nitrogens is 4. The molecular weight excluding hydrogens is 853 g/mol. The van der Waals surface area contributed by atoms with Crippen molar-refractivity contribution in [3.8, 4) is 57.2 Å². The van der Waals surface area contributed by atoms with Gasteiger partial charge >= 0.3 is 6.09 Å². The molecule has 67 heavy (non-hydrogen) atoms. The van der Waals surface area contributed by atoms with Gasteiger partial charge in [0, 0.05) is 41.4 Å². The summed E-state index contributed by atoms with van der Waals surface area (Å²) >= 11 is 0. The molecule has 0 bridgehead atoms. The van der Waals surface area contributed by atoms with Crippen molar-refractivity contribution in [3.63, 3.8) is 0 Å². The largest absolute Gasteiger partial charge is 0.502 e. The van der Waals surface area contributed by atoms with Gasteiger partial charge in [-0.25, -0.2) is 14.5 Å². The van der Waals surface area contributed by atoms with Crippen molar-refractivity contribution in [1.29, 1.82) is 0 Å². The molecule has 8 rings (SSSR count). The first-order valence-electron chi connectivity index (χ1n) is 23.8. The summed E-state index contributed by atoms with van der Waals surface area (Å²) < 4.78 is 61.5. The SMILES string of the molecule is [2H]C(C)(C)Oc1ccc(-c2nc(-c3cccc4c3CC[C@]4([2H])N(CCO)C(=O)OC(C)(C)C)no2)cc1[N+]#[C-].[2H]C(C)(C)Oc1ccc(-c2nc(-c3cccc4c3CC[C@]4([2H])NCCO)no2)cc1[N+]#[C-]. The number of ether oxygens (including phenoxy) is 3. The fourth-order valence-electron chi connectivity index (χ4n) is 7.86. The molecule has 0 aliphatic heterocycles. The number of nitrogens with zero attached hydrogens (tertiary/aromatic N) is 7. The maximum Gasteiger partial charge on any atom is 0.410 e. The summed E-state index contributed by atoms with van der Waals surface area (Å²) in [6, 6.07) is 18.5. The summed E-state index contributed by atoms with van der Waals surface area (Å²) in [6.07, 6.45) is -0.948. The standard InChI is InChI=1S/C28H32N4O5.C23H24N4O3/c1-17(2)35-24-13-10-18(16-22(24)29-6)26-30-25(31-37-26)21-9-7-8-20-19(21)11-12-23(20)32(14-15-33)27(34)36-28(3,4)5;1-14(2)29-21-10-7-15(13-20(21)24-3)23-26-22(27-30-23)18-6-4-5-17-16(18)8-9-19(17)25-11-12-28/h7-10,13,16-17,23,33H,11-12,14-15H2,1-5H3;4-7,10,13-14,19,25,28H,8-9,11-12H2,1-2H3/t23-;19-/m00/s1/i17D,23D;14D,19D. The molecule has 0 radical (unpaired) electrons.